The topological polar surface area (TPSA) is 67.3 Å². The number of para-hydroxylation sites is 1. The third-order valence-corrected chi connectivity index (χ3v) is 5.28. The number of benzene rings is 2. The summed E-state index contributed by atoms with van der Waals surface area (Å²) in [6.45, 7) is 3.07. The Morgan fingerprint density at radius 3 is 2.71 bits per heavy atom. The van der Waals surface area contributed by atoms with Crippen molar-refractivity contribution >= 4 is 16.8 Å². The Morgan fingerprint density at radius 2 is 1.96 bits per heavy atom. The van der Waals surface area contributed by atoms with E-state index in [4.69, 9.17) is 4.74 Å². The SMILES string of the molecule is CCn1c(C2CC(NC(=O)Cc3ccc(OC)cc3)NN2)cc2ccccc21. The summed E-state index contributed by atoms with van der Waals surface area (Å²) in [4.78, 5) is 12.4. The van der Waals surface area contributed by atoms with Crippen LogP contribution >= 0.6 is 0 Å². The molecule has 2 atom stereocenters. The van der Waals surface area contributed by atoms with Gasteiger partial charge in [0.15, 0.2) is 0 Å². The zero-order valence-corrected chi connectivity index (χ0v) is 16.2. The van der Waals surface area contributed by atoms with E-state index in [1.54, 1.807) is 7.11 Å². The molecule has 0 spiro atoms. The van der Waals surface area contributed by atoms with Crippen molar-refractivity contribution in [3.05, 3.63) is 65.9 Å². The van der Waals surface area contributed by atoms with Crippen molar-refractivity contribution < 1.29 is 9.53 Å². The first-order valence-corrected chi connectivity index (χ1v) is 9.69. The molecule has 0 bridgehead atoms. The molecule has 6 nitrogen and oxygen atoms in total. The van der Waals surface area contributed by atoms with Gasteiger partial charge in [0.05, 0.1) is 25.7 Å². The van der Waals surface area contributed by atoms with Crippen LogP contribution in [0.1, 0.15) is 30.6 Å². The maximum Gasteiger partial charge on any atom is 0.225 e. The molecule has 2 aromatic carbocycles. The molecular formula is C22H26N4O2. The zero-order valence-electron chi connectivity index (χ0n) is 16.2. The highest BCUT2D eigenvalue weighted by molar-refractivity contribution is 5.81. The molecule has 0 saturated carbocycles. The first-order valence-electron chi connectivity index (χ1n) is 9.69. The van der Waals surface area contributed by atoms with Crippen LogP contribution in [-0.4, -0.2) is 23.7 Å². The van der Waals surface area contributed by atoms with Crippen molar-refractivity contribution in [1.82, 2.24) is 20.7 Å². The molecule has 3 aromatic rings. The van der Waals surface area contributed by atoms with E-state index in [1.807, 2.05) is 24.3 Å². The van der Waals surface area contributed by atoms with E-state index in [0.29, 0.717) is 6.42 Å². The first-order chi connectivity index (χ1) is 13.7. The highest BCUT2D eigenvalue weighted by Gasteiger charge is 2.28. The fourth-order valence-electron chi connectivity index (χ4n) is 3.89. The summed E-state index contributed by atoms with van der Waals surface area (Å²) in [5.74, 6) is 0.793. The van der Waals surface area contributed by atoms with Crippen LogP contribution in [0.2, 0.25) is 0 Å². The lowest BCUT2D eigenvalue weighted by Crippen LogP contribution is -2.44. The van der Waals surface area contributed by atoms with Crippen LogP contribution in [0.3, 0.4) is 0 Å². The minimum Gasteiger partial charge on any atom is -0.497 e. The van der Waals surface area contributed by atoms with Crippen molar-refractivity contribution in [2.24, 2.45) is 0 Å². The number of carbonyl (C=O) groups is 1. The lowest BCUT2D eigenvalue weighted by Gasteiger charge is -2.14. The fourth-order valence-corrected chi connectivity index (χ4v) is 3.89. The Balaban J connectivity index is 1.39. The normalized spacial score (nSPS) is 19.1. The standard InChI is InChI=1S/C22H26N4O2/c1-3-26-19-7-5-4-6-16(19)13-20(26)18-14-21(25-24-18)23-22(27)12-15-8-10-17(28-2)11-9-15/h4-11,13,18,21,24-25H,3,12,14H2,1-2H3,(H,23,27). The van der Waals surface area contributed by atoms with E-state index in [9.17, 15) is 4.79 Å². The Bertz CT molecular complexity index is 964. The maximum atomic E-state index is 12.4. The molecule has 1 saturated heterocycles. The van der Waals surface area contributed by atoms with Crippen LogP contribution in [-0.2, 0) is 17.8 Å². The average Bonchev–Trinajstić information content (AvgIpc) is 3.32. The Hall–Kier alpha value is -2.83. The van der Waals surface area contributed by atoms with Crippen LogP contribution in [0.25, 0.3) is 10.9 Å². The minimum absolute atomic E-state index is 0.00107. The van der Waals surface area contributed by atoms with Gasteiger partial charge in [0.1, 0.15) is 5.75 Å². The summed E-state index contributed by atoms with van der Waals surface area (Å²) in [6.07, 6.45) is 1.05. The summed E-state index contributed by atoms with van der Waals surface area (Å²) < 4.78 is 7.49. The van der Waals surface area contributed by atoms with Crippen LogP contribution < -0.4 is 20.9 Å². The lowest BCUT2D eigenvalue weighted by molar-refractivity contribution is -0.121. The molecule has 146 valence electrons. The van der Waals surface area contributed by atoms with E-state index < -0.39 is 0 Å². The predicted molar refractivity (Wildman–Crippen MR) is 110 cm³/mol. The van der Waals surface area contributed by atoms with Crippen LogP contribution in [0.5, 0.6) is 5.75 Å². The molecule has 1 aliphatic rings. The van der Waals surface area contributed by atoms with E-state index in [1.165, 1.54) is 16.6 Å². The molecule has 6 heteroatoms. The minimum atomic E-state index is -0.0981. The summed E-state index contributed by atoms with van der Waals surface area (Å²) in [5.41, 5.74) is 10.0. The quantitative estimate of drug-likeness (QED) is 0.617. The zero-order chi connectivity index (χ0) is 19.5. The van der Waals surface area contributed by atoms with Crippen LogP contribution in [0.15, 0.2) is 54.6 Å². The van der Waals surface area contributed by atoms with Crippen LogP contribution in [0.4, 0.5) is 0 Å². The molecule has 2 unspecified atom stereocenters. The number of hydrazine groups is 1. The number of nitrogens with one attached hydrogen (secondary N) is 3. The fraction of sp³-hybridized carbons (Fsp3) is 0.318. The van der Waals surface area contributed by atoms with Gasteiger partial charge in [0.25, 0.3) is 0 Å². The first kappa shape index (κ1) is 18.5. The van der Waals surface area contributed by atoms with Crippen molar-refractivity contribution in [2.45, 2.75) is 38.5 Å². The Labute approximate surface area is 164 Å². The Morgan fingerprint density at radius 1 is 1.18 bits per heavy atom. The van der Waals surface area contributed by atoms with Gasteiger partial charge in [-0.25, -0.2) is 10.9 Å². The second-order valence-electron chi connectivity index (χ2n) is 7.09. The lowest BCUT2D eigenvalue weighted by atomic mass is 10.1. The molecule has 0 aliphatic carbocycles. The predicted octanol–water partition coefficient (Wildman–Crippen LogP) is 2.89. The smallest absolute Gasteiger partial charge is 0.225 e. The number of methoxy groups -OCH3 is 1. The summed E-state index contributed by atoms with van der Waals surface area (Å²) in [6, 6.07) is 18.4. The van der Waals surface area contributed by atoms with Crippen molar-refractivity contribution in [2.75, 3.05) is 7.11 Å². The van der Waals surface area contributed by atoms with Gasteiger partial charge in [0, 0.05) is 24.2 Å². The van der Waals surface area contributed by atoms with Gasteiger partial charge >= 0.3 is 0 Å². The molecule has 4 rings (SSSR count). The molecule has 28 heavy (non-hydrogen) atoms. The molecule has 2 heterocycles. The number of carbonyl (C=O) groups excluding carboxylic acids is 1. The van der Waals surface area contributed by atoms with Crippen molar-refractivity contribution in [1.29, 1.82) is 0 Å². The van der Waals surface area contributed by atoms with Crippen molar-refractivity contribution in [3.8, 4) is 5.75 Å². The maximum absolute atomic E-state index is 12.4. The van der Waals surface area contributed by atoms with E-state index in [0.717, 1.165) is 24.3 Å². The average molecular weight is 378 g/mol. The van der Waals surface area contributed by atoms with Gasteiger partial charge in [-0.1, -0.05) is 30.3 Å². The van der Waals surface area contributed by atoms with Crippen LogP contribution in [0, 0.1) is 0 Å². The largest absolute Gasteiger partial charge is 0.497 e. The van der Waals surface area contributed by atoms with Crippen molar-refractivity contribution in [3.63, 3.8) is 0 Å². The van der Waals surface area contributed by atoms with E-state index >= 15 is 0 Å². The highest BCUT2D eigenvalue weighted by atomic mass is 16.5. The number of aromatic nitrogens is 1. The van der Waals surface area contributed by atoms with Gasteiger partial charge < -0.3 is 14.6 Å². The summed E-state index contributed by atoms with van der Waals surface area (Å²) in [7, 11) is 1.63. The van der Waals surface area contributed by atoms with Gasteiger partial charge in [-0.15, -0.1) is 0 Å². The number of hydrogen-bond acceptors (Lipinski definition) is 4. The number of aryl methyl sites for hydroxylation is 1. The third kappa shape index (κ3) is 3.74. The van der Waals surface area contributed by atoms with E-state index in [2.05, 4.69) is 58.0 Å². The number of fused-ring (bicyclic) bond motifs is 1. The summed E-state index contributed by atoms with van der Waals surface area (Å²) in [5, 5.41) is 4.32. The van der Waals surface area contributed by atoms with Gasteiger partial charge in [-0.2, -0.15) is 0 Å². The van der Waals surface area contributed by atoms with Gasteiger partial charge in [-0.05, 0) is 42.1 Å². The molecular weight excluding hydrogens is 352 g/mol. The molecule has 1 aliphatic heterocycles. The van der Waals surface area contributed by atoms with Gasteiger partial charge in [-0.3, -0.25) is 4.79 Å². The van der Waals surface area contributed by atoms with E-state index in [-0.39, 0.29) is 18.1 Å². The summed E-state index contributed by atoms with van der Waals surface area (Å²) >= 11 is 0. The number of nitrogens with zero attached hydrogens (tertiary/aromatic N) is 1. The molecule has 1 amide bonds. The number of rotatable bonds is 6. The monoisotopic (exact) mass is 378 g/mol. The number of hydrogen-bond donors (Lipinski definition) is 3. The Kier molecular flexibility index (Phi) is 5.32. The second-order valence-corrected chi connectivity index (χ2v) is 7.09. The molecule has 1 fully saturated rings. The molecule has 3 N–H and O–H groups in total. The number of ether oxygens (including phenoxy) is 1. The molecule has 0 radical (unpaired) electrons. The highest BCUT2D eigenvalue weighted by Crippen LogP contribution is 2.28. The van der Waals surface area contributed by atoms with Gasteiger partial charge in [0.2, 0.25) is 5.91 Å². The third-order valence-electron chi connectivity index (χ3n) is 5.28. The second kappa shape index (κ2) is 8.04. The number of amides is 1. The molecule has 1 aromatic heterocycles.